The Morgan fingerprint density at radius 1 is 1.27 bits per heavy atom. The van der Waals surface area contributed by atoms with Crippen LogP contribution in [0.4, 0.5) is 0 Å². The number of nitrogens with two attached hydrogens (primary N) is 1. The van der Waals surface area contributed by atoms with E-state index >= 15 is 0 Å². The maximum Gasteiger partial charge on any atom is 0.115 e. The first-order chi connectivity index (χ1) is 5.22. The number of hydrogen-bond donors (Lipinski definition) is 1. The van der Waals surface area contributed by atoms with Gasteiger partial charge in [-0.05, 0) is 18.4 Å². The van der Waals surface area contributed by atoms with E-state index in [4.69, 9.17) is 5.73 Å². The molecule has 1 aromatic rings. The summed E-state index contributed by atoms with van der Waals surface area (Å²) in [4.78, 5) is 7.84. The van der Waals surface area contributed by atoms with E-state index in [2.05, 4.69) is 16.9 Å². The Hall–Kier alpha value is -0.960. The third-order valence-corrected chi connectivity index (χ3v) is 1.90. The van der Waals surface area contributed by atoms with E-state index in [1.165, 1.54) is 6.33 Å². The fourth-order valence-electron chi connectivity index (χ4n) is 0.849. The van der Waals surface area contributed by atoms with Crippen LogP contribution in [-0.2, 0) is 0 Å². The third kappa shape index (κ3) is 1.98. The van der Waals surface area contributed by atoms with Crippen LogP contribution in [-0.4, -0.2) is 16.0 Å². The van der Waals surface area contributed by atoms with Crippen molar-refractivity contribution in [1.29, 1.82) is 0 Å². The van der Waals surface area contributed by atoms with Crippen molar-refractivity contribution in [3.05, 3.63) is 24.3 Å². The SMILES string of the molecule is CC(N)C(C)c1cncnc1. The van der Waals surface area contributed by atoms with Crippen LogP contribution in [0, 0.1) is 0 Å². The fourth-order valence-corrected chi connectivity index (χ4v) is 0.849. The van der Waals surface area contributed by atoms with Gasteiger partial charge in [-0.15, -0.1) is 0 Å². The van der Waals surface area contributed by atoms with E-state index in [1.807, 2.05) is 6.92 Å². The summed E-state index contributed by atoms with van der Waals surface area (Å²) in [5.41, 5.74) is 6.81. The smallest absolute Gasteiger partial charge is 0.115 e. The second-order valence-electron chi connectivity index (χ2n) is 2.82. The van der Waals surface area contributed by atoms with E-state index in [1.54, 1.807) is 12.4 Å². The first-order valence-electron chi connectivity index (χ1n) is 3.72. The van der Waals surface area contributed by atoms with Crippen molar-refractivity contribution in [2.75, 3.05) is 0 Å². The largest absolute Gasteiger partial charge is 0.327 e. The zero-order valence-corrected chi connectivity index (χ0v) is 6.86. The number of hydrogen-bond acceptors (Lipinski definition) is 3. The molecule has 2 N–H and O–H groups in total. The number of aromatic nitrogens is 2. The average molecular weight is 151 g/mol. The van der Waals surface area contributed by atoms with E-state index in [9.17, 15) is 0 Å². The predicted molar refractivity (Wildman–Crippen MR) is 44.1 cm³/mol. The maximum atomic E-state index is 5.71. The van der Waals surface area contributed by atoms with Crippen LogP contribution >= 0.6 is 0 Å². The highest BCUT2D eigenvalue weighted by Crippen LogP contribution is 2.14. The van der Waals surface area contributed by atoms with Crippen molar-refractivity contribution in [3.63, 3.8) is 0 Å². The lowest BCUT2D eigenvalue weighted by molar-refractivity contribution is 0.608. The van der Waals surface area contributed by atoms with Gasteiger partial charge in [-0.25, -0.2) is 9.97 Å². The van der Waals surface area contributed by atoms with Crippen LogP contribution in [0.2, 0.25) is 0 Å². The minimum Gasteiger partial charge on any atom is -0.327 e. The van der Waals surface area contributed by atoms with Gasteiger partial charge >= 0.3 is 0 Å². The number of rotatable bonds is 2. The Morgan fingerprint density at radius 3 is 2.27 bits per heavy atom. The zero-order valence-electron chi connectivity index (χ0n) is 6.86. The molecule has 1 rings (SSSR count). The van der Waals surface area contributed by atoms with Gasteiger partial charge in [0, 0.05) is 18.4 Å². The summed E-state index contributed by atoms with van der Waals surface area (Å²) < 4.78 is 0. The molecule has 1 aromatic heterocycles. The van der Waals surface area contributed by atoms with Crippen LogP contribution < -0.4 is 5.73 Å². The van der Waals surface area contributed by atoms with Gasteiger partial charge in [0.1, 0.15) is 6.33 Å². The molecule has 1 heterocycles. The molecule has 11 heavy (non-hydrogen) atoms. The molecule has 2 atom stereocenters. The Labute approximate surface area is 66.7 Å². The Morgan fingerprint density at radius 2 is 1.82 bits per heavy atom. The molecule has 0 aliphatic carbocycles. The van der Waals surface area contributed by atoms with E-state index in [-0.39, 0.29) is 6.04 Å². The van der Waals surface area contributed by atoms with Crippen LogP contribution in [0.1, 0.15) is 25.3 Å². The topological polar surface area (TPSA) is 51.8 Å². The van der Waals surface area contributed by atoms with Gasteiger partial charge in [0.15, 0.2) is 0 Å². The maximum absolute atomic E-state index is 5.71. The lowest BCUT2D eigenvalue weighted by Crippen LogP contribution is -2.22. The van der Waals surface area contributed by atoms with Gasteiger partial charge in [0.05, 0.1) is 0 Å². The highest BCUT2D eigenvalue weighted by atomic mass is 14.8. The van der Waals surface area contributed by atoms with Crippen molar-refractivity contribution >= 4 is 0 Å². The molecule has 0 fully saturated rings. The minimum atomic E-state index is 0.154. The van der Waals surface area contributed by atoms with E-state index in [0.29, 0.717) is 5.92 Å². The average Bonchev–Trinajstić information content (AvgIpc) is 2.05. The quantitative estimate of drug-likeness (QED) is 0.684. The highest BCUT2D eigenvalue weighted by Gasteiger charge is 2.09. The molecule has 0 radical (unpaired) electrons. The van der Waals surface area contributed by atoms with E-state index in [0.717, 1.165) is 5.56 Å². The summed E-state index contributed by atoms with van der Waals surface area (Å²) in [5.74, 6) is 0.330. The molecule has 0 aromatic carbocycles. The molecule has 0 saturated carbocycles. The predicted octanol–water partition coefficient (Wildman–Crippen LogP) is 0.927. The summed E-state index contributed by atoms with van der Waals surface area (Å²) in [6, 6.07) is 0.154. The van der Waals surface area contributed by atoms with Gasteiger partial charge in [-0.2, -0.15) is 0 Å². The fraction of sp³-hybridized carbons (Fsp3) is 0.500. The Bertz CT molecular complexity index is 208. The lowest BCUT2D eigenvalue weighted by atomic mass is 9.98. The highest BCUT2D eigenvalue weighted by molar-refractivity contribution is 5.10. The third-order valence-electron chi connectivity index (χ3n) is 1.90. The second-order valence-corrected chi connectivity index (χ2v) is 2.82. The molecule has 2 unspecified atom stereocenters. The monoisotopic (exact) mass is 151 g/mol. The van der Waals surface area contributed by atoms with Crippen LogP contribution in [0.3, 0.4) is 0 Å². The molecule has 0 amide bonds. The Kier molecular flexibility index (Phi) is 2.54. The van der Waals surface area contributed by atoms with Gasteiger partial charge in [-0.1, -0.05) is 6.92 Å². The first-order valence-corrected chi connectivity index (χ1v) is 3.72. The van der Waals surface area contributed by atoms with Crippen molar-refractivity contribution < 1.29 is 0 Å². The molecule has 0 aliphatic heterocycles. The molecule has 0 saturated heterocycles. The van der Waals surface area contributed by atoms with Crippen LogP contribution in [0.25, 0.3) is 0 Å². The van der Waals surface area contributed by atoms with Crippen molar-refractivity contribution in [1.82, 2.24) is 9.97 Å². The normalized spacial score (nSPS) is 15.9. The number of nitrogens with zero attached hydrogens (tertiary/aromatic N) is 2. The molecule has 60 valence electrons. The van der Waals surface area contributed by atoms with Gasteiger partial charge < -0.3 is 5.73 Å². The van der Waals surface area contributed by atoms with Crippen molar-refractivity contribution in [2.24, 2.45) is 5.73 Å². The van der Waals surface area contributed by atoms with E-state index < -0.39 is 0 Å². The van der Waals surface area contributed by atoms with Crippen molar-refractivity contribution in [2.45, 2.75) is 25.8 Å². The molecule has 0 bridgehead atoms. The molecule has 0 aliphatic rings. The molecule has 0 spiro atoms. The minimum absolute atomic E-state index is 0.154. The molecule has 3 nitrogen and oxygen atoms in total. The van der Waals surface area contributed by atoms with Crippen molar-refractivity contribution in [3.8, 4) is 0 Å². The summed E-state index contributed by atoms with van der Waals surface area (Å²) in [6.07, 6.45) is 5.14. The summed E-state index contributed by atoms with van der Waals surface area (Å²) in [5, 5.41) is 0. The first kappa shape index (κ1) is 8.14. The summed E-state index contributed by atoms with van der Waals surface area (Å²) in [6.45, 7) is 4.06. The lowest BCUT2D eigenvalue weighted by Gasteiger charge is -2.14. The van der Waals surface area contributed by atoms with Gasteiger partial charge in [-0.3, -0.25) is 0 Å². The second kappa shape index (κ2) is 3.44. The molecular formula is C8H13N3. The standard InChI is InChI=1S/C8H13N3/c1-6(7(2)9)8-3-10-5-11-4-8/h3-7H,9H2,1-2H3. The summed E-state index contributed by atoms with van der Waals surface area (Å²) in [7, 11) is 0. The van der Waals surface area contributed by atoms with Crippen LogP contribution in [0.5, 0.6) is 0 Å². The van der Waals surface area contributed by atoms with Crippen LogP contribution in [0.15, 0.2) is 18.7 Å². The zero-order chi connectivity index (χ0) is 8.27. The molecule has 3 heteroatoms. The molecular weight excluding hydrogens is 138 g/mol. The summed E-state index contributed by atoms with van der Waals surface area (Å²) >= 11 is 0. The Balaban J connectivity index is 2.77. The van der Waals surface area contributed by atoms with Gasteiger partial charge in [0.25, 0.3) is 0 Å². The van der Waals surface area contributed by atoms with Gasteiger partial charge in [0.2, 0.25) is 0 Å².